The molecule has 15 heavy (non-hydrogen) atoms. The summed E-state index contributed by atoms with van der Waals surface area (Å²) in [5.74, 6) is 0. The molecule has 0 fully saturated rings. The summed E-state index contributed by atoms with van der Waals surface area (Å²) < 4.78 is 0. The normalized spacial score (nSPS) is 10.2. The van der Waals surface area contributed by atoms with Crippen LogP contribution >= 0.6 is 11.3 Å². The minimum Gasteiger partial charge on any atom is -0.258 e. The van der Waals surface area contributed by atoms with Crippen LogP contribution in [0.25, 0.3) is 11.1 Å². The fourth-order valence-electron chi connectivity index (χ4n) is 1.38. The predicted molar refractivity (Wildman–Crippen MR) is 61.1 cm³/mol. The van der Waals surface area contributed by atoms with Crippen molar-refractivity contribution in [1.82, 2.24) is 0 Å². The van der Waals surface area contributed by atoms with Crippen molar-refractivity contribution in [2.24, 2.45) is 0 Å². The van der Waals surface area contributed by atoms with E-state index < -0.39 is 0 Å². The first-order valence-electron chi connectivity index (χ1n) is 4.46. The summed E-state index contributed by atoms with van der Waals surface area (Å²) in [6.45, 7) is 1.99. The SMILES string of the molecule is Cc1ccc(-c2cscc2[N+](=O)[O-])cc1. The zero-order valence-electron chi connectivity index (χ0n) is 8.14. The van der Waals surface area contributed by atoms with E-state index >= 15 is 0 Å². The van der Waals surface area contributed by atoms with E-state index in [-0.39, 0.29) is 10.6 Å². The van der Waals surface area contributed by atoms with Gasteiger partial charge in [0.25, 0.3) is 5.69 Å². The quantitative estimate of drug-likeness (QED) is 0.571. The summed E-state index contributed by atoms with van der Waals surface area (Å²) in [7, 11) is 0. The molecule has 76 valence electrons. The van der Waals surface area contributed by atoms with Crippen LogP contribution in [0.2, 0.25) is 0 Å². The lowest BCUT2D eigenvalue weighted by molar-refractivity contribution is -0.383. The van der Waals surface area contributed by atoms with Crippen LogP contribution in [0.3, 0.4) is 0 Å². The van der Waals surface area contributed by atoms with Crippen LogP contribution in [-0.4, -0.2) is 4.92 Å². The van der Waals surface area contributed by atoms with E-state index in [1.807, 2.05) is 36.6 Å². The summed E-state index contributed by atoms with van der Waals surface area (Å²) in [5.41, 5.74) is 2.93. The fraction of sp³-hybridized carbons (Fsp3) is 0.0909. The number of thiophene rings is 1. The standard InChI is InChI=1S/C11H9NO2S/c1-8-2-4-9(5-3-8)10-6-15-7-11(10)12(13)14/h2-7H,1H3. The van der Waals surface area contributed by atoms with Crippen molar-refractivity contribution in [2.75, 3.05) is 0 Å². The Hall–Kier alpha value is -1.68. The van der Waals surface area contributed by atoms with Gasteiger partial charge in [-0.15, -0.1) is 11.3 Å². The van der Waals surface area contributed by atoms with E-state index in [0.29, 0.717) is 5.56 Å². The maximum Gasteiger partial charge on any atom is 0.287 e. The smallest absolute Gasteiger partial charge is 0.258 e. The number of rotatable bonds is 2. The van der Waals surface area contributed by atoms with Gasteiger partial charge in [0.1, 0.15) is 0 Å². The van der Waals surface area contributed by atoms with Crippen LogP contribution in [0.4, 0.5) is 5.69 Å². The van der Waals surface area contributed by atoms with Gasteiger partial charge in [-0.25, -0.2) is 0 Å². The van der Waals surface area contributed by atoms with Gasteiger partial charge in [-0.1, -0.05) is 29.8 Å². The maximum atomic E-state index is 10.7. The Morgan fingerprint density at radius 1 is 1.20 bits per heavy atom. The van der Waals surface area contributed by atoms with Gasteiger partial charge >= 0.3 is 0 Å². The molecule has 4 heteroatoms. The topological polar surface area (TPSA) is 43.1 Å². The van der Waals surface area contributed by atoms with Crippen LogP contribution in [-0.2, 0) is 0 Å². The van der Waals surface area contributed by atoms with Crippen molar-refractivity contribution in [1.29, 1.82) is 0 Å². The van der Waals surface area contributed by atoms with E-state index in [9.17, 15) is 10.1 Å². The number of benzene rings is 1. The van der Waals surface area contributed by atoms with Crippen LogP contribution in [0.15, 0.2) is 35.0 Å². The number of nitro groups is 1. The van der Waals surface area contributed by atoms with Gasteiger partial charge in [0.15, 0.2) is 0 Å². The molecule has 0 aliphatic heterocycles. The predicted octanol–water partition coefficient (Wildman–Crippen LogP) is 3.63. The first-order valence-corrected chi connectivity index (χ1v) is 5.40. The lowest BCUT2D eigenvalue weighted by Gasteiger charge is -1.98. The minimum atomic E-state index is -0.342. The molecule has 0 aliphatic rings. The number of hydrogen-bond acceptors (Lipinski definition) is 3. The molecule has 0 radical (unpaired) electrons. The molecule has 0 saturated heterocycles. The summed E-state index contributed by atoms with van der Waals surface area (Å²) >= 11 is 1.35. The Bertz CT molecular complexity index is 488. The lowest BCUT2D eigenvalue weighted by atomic mass is 10.1. The lowest BCUT2D eigenvalue weighted by Crippen LogP contribution is -1.87. The van der Waals surface area contributed by atoms with Crippen molar-refractivity contribution in [3.8, 4) is 11.1 Å². The fourth-order valence-corrected chi connectivity index (χ4v) is 2.18. The molecule has 0 unspecified atom stereocenters. The van der Waals surface area contributed by atoms with Gasteiger partial charge in [-0.2, -0.15) is 0 Å². The van der Waals surface area contributed by atoms with Gasteiger partial charge < -0.3 is 0 Å². The number of nitrogens with zero attached hydrogens (tertiary/aromatic N) is 1. The molecule has 0 spiro atoms. The van der Waals surface area contributed by atoms with Gasteiger partial charge in [-0.05, 0) is 12.5 Å². The molecule has 0 aliphatic carbocycles. The highest BCUT2D eigenvalue weighted by Crippen LogP contribution is 2.33. The molecule has 0 amide bonds. The summed E-state index contributed by atoms with van der Waals surface area (Å²) in [6, 6.07) is 7.72. The first kappa shape index (κ1) is 9.86. The molecule has 2 aromatic rings. The molecular formula is C11H9NO2S. The van der Waals surface area contributed by atoms with Crippen LogP contribution in [0.1, 0.15) is 5.56 Å². The van der Waals surface area contributed by atoms with Crippen molar-refractivity contribution in [2.45, 2.75) is 6.92 Å². The van der Waals surface area contributed by atoms with Crippen LogP contribution in [0.5, 0.6) is 0 Å². The first-order chi connectivity index (χ1) is 7.18. The number of hydrogen-bond donors (Lipinski definition) is 0. The highest BCUT2D eigenvalue weighted by molar-refractivity contribution is 7.08. The molecule has 0 saturated carbocycles. The van der Waals surface area contributed by atoms with Gasteiger partial charge in [-0.3, -0.25) is 10.1 Å². The summed E-state index contributed by atoms with van der Waals surface area (Å²) in [5, 5.41) is 14.1. The minimum absolute atomic E-state index is 0.184. The second kappa shape index (κ2) is 3.82. The molecule has 3 nitrogen and oxygen atoms in total. The highest BCUT2D eigenvalue weighted by atomic mass is 32.1. The van der Waals surface area contributed by atoms with Crippen molar-refractivity contribution >= 4 is 17.0 Å². The monoisotopic (exact) mass is 219 g/mol. The van der Waals surface area contributed by atoms with Crippen LogP contribution in [0, 0.1) is 17.0 Å². The van der Waals surface area contributed by atoms with Gasteiger partial charge in [0, 0.05) is 5.38 Å². The zero-order valence-corrected chi connectivity index (χ0v) is 8.95. The largest absolute Gasteiger partial charge is 0.287 e. The van der Waals surface area contributed by atoms with E-state index in [2.05, 4.69) is 0 Å². The molecule has 1 heterocycles. The summed E-state index contributed by atoms with van der Waals surface area (Å²) in [4.78, 5) is 10.4. The maximum absolute atomic E-state index is 10.7. The second-order valence-electron chi connectivity index (χ2n) is 3.29. The van der Waals surface area contributed by atoms with Gasteiger partial charge in [0.2, 0.25) is 0 Å². The molecule has 0 atom stereocenters. The van der Waals surface area contributed by atoms with Crippen molar-refractivity contribution < 1.29 is 4.92 Å². The van der Waals surface area contributed by atoms with E-state index in [1.165, 1.54) is 11.3 Å². The third kappa shape index (κ3) is 1.89. The average molecular weight is 219 g/mol. The van der Waals surface area contributed by atoms with Crippen LogP contribution < -0.4 is 0 Å². The Balaban J connectivity index is 2.49. The second-order valence-corrected chi connectivity index (χ2v) is 4.04. The Morgan fingerprint density at radius 3 is 2.47 bits per heavy atom. The van der Waals surface area contributed by atoms with Gasteiger partial charge in [0.05, 0.1) is 15.9 Å². The Labute approximate surface area is 91.1 Å². The molecule has 2 rings (SSSR count). The average Bonchev–Trinajstić information content (AvgIpc) is 2.67. The molecule has 0 N–H and O–H groups in total. The summed E-state index contributed by atoms with van der Waals surface area (Å²) in [6.07, 6.45) is 0. The molecule has 1 aromatic heterocycles. The third-order valence-corrected chi connectivity index (χ3v) is 2.93. The Kier molecular flexibility index (Phi) is 2.51. The third-order valence-electron chi connectivity index (χ3n) is 2.20. The molecule has 1 aromatic carbocycles. The highest BCUT2D eigenvalue weighted by Gasteiger charge is 2.15. The van der Waals surface area contributed by atoms with E-state index in [4.69, 9.17) is 0 Å². The van der Waals surface area contributed by atoms with Crippen molar-refractivity contribution in [3.05, 3.63) is 50.7 Å². The number of aryl methyl sites for hydroxylation is 1. The molecular weight excluding hydrogens is 210 g/mol. The van der Waals surface area contributed by atoms with E-state index in [1.54, 1.807) is 5.38 Å². The zero-order chi connectivity index (χ0) is 10.8. The molecule has 0 bridgehead atoms. The Morgan fingerprint density at radius 2 is 1.87 bits per heavy atom. The van der Waals surface area contributed by atoms with Crippen molar-refractivity contribution in [3.63, 3.8) is 0 Å². The van der Waals surface area contributed by atoms with E-state index in [0.717, 1.165) is 11.1 Å².